The maximum Gasteiger partial charge on any atom is 0.404 e. The first-order valence-electron chi connectivity index (χ1n) is 6.34. The van der Waals surface area contributed by atoms with Gasteiger partial charge in [-0.1, -0.05) is 20.8 Å². The average Bonchev–Trinajstić information content (AvgIpc) is 2.13. The molecule has 4 nitrogen and oxygen atoms in total. The third kappa shape index (κ3) is 4.19. The van der Waals surface area contributed by atoms with Crippen molar-refractivity contribution < 1.29 is 15.0 Å². The molecule has 0 spiro atoms. The van der Waals surface area contributed by atoms with Gasteiger partial charge in [-0.05, 0) is 43.9 Å². The van der Waals surface area contributed by atoms with Crippen LogP contribution in [0.25, 0.3) is 0 Å². The summed E-state index contributed by atoms with van der Waals surface area (Å²) in [6.07, 6.45) is 2.32. The van der Waals surface area contributed by atoms with Gasteiger partial charge in [-0.25, -0.2) is 4.79 Å². The molecule has 0 bridgehead atoms. The van der Waals surface area contributed by atoms with Crippen molar-refractivity contribution in [3.05, 3.63) is 0 Å². The SMILES string of the molecule is CC(C)(C)C(NC(=O)O)[C@H]1CC[C@@](C)(O)CC1. The third-order valence-corrected chi connectivity index (χ3v) is 3.79. The molecule has 0 saturated heterocycles. The number of rotatable bonds is 2. The minimum absolute atomic E-state index is 0.0453. The number of aliphatic hydroxyl groups is 1. The largest absolute Gasteiger partial charge is 0.465 e. The molecule has 0 aliphatic heterocycles. The minimum Gasteiger partial charge on any atom is -0.465 e. The molecule has 0 aromatic heterocycles. The molecule has 1 saturated carbocycles. The van der Waals surface area contributed by atoms with Crippen LogP contribution in [0.2, 0.25) is 0 Å². The van der Waals surface area contributed by atoms with Crippen LogP contribution in [0.5, 0.6) is 0 Å². The van der Waals surface area contributed by atoms with Crippen LogP contribution in [-0.4, -0.2) is 27.9 Å². The van der Waals surface area contributed by atoms with Gasteiger partial charge in [0.15, 0.2) is 0 Å². The van der Waals surface area contributed by atoms with Crippen LogP contribution in [0.4, 0.5) is 4.79 Å². The van der Waals surface area contributed by atoms with Crippen LogP contribution in [-0.2, 0) is 0 Å². The van der Waals surface area contributed by atoms with Crippen LogP contribution in [0.3, 0.4) is 0 Å². The highest BCUT2D eigenvalue weighted by molar-refractivity contribution is 5.65. The van der Waals surface area contributed by atoms with E-state index < -0.39 is 11.7 Å². The monoisotopic (exact) mass is 243 g/mol. The predicted molar refractivity (Wildman–Crippen MR) is 67.0 cm³/mol. The van der Waals surface area contributed by atoms with E-state index >= 15 is 0 Å². The van der Waals surface area contributed by atoms with Crippen LogP contribution >= 0.6 is 0 Å². The first kappa shape index (κ1) is 14.3. The van der Waals surface area contributed by atoms with Crippen molar-refractivity contribution in [1.29, 1.82) is 0 Å². The lowest BCUT2D eigenvalue weighted by Crippen LogP contribution is -2.50. The van der Waals surface area contributed by atoms with E-state index in [0.29, 0.717) is 5.92 Å². The molecule has 0 aromatic carbocycles. The molecule has 1 rings (SSSR count). The number of carbonyl (C=O) groups is 1. The summed E-state index contributed by atoms with van der Waals surface area (Å²) in [5.74, 6) is 0.325. The minimum atomic E-state index is -0.956. The molecule has 0 radical (unpaired) electrons. The van der Waals surface area contributed by atoms with Crippen LogP contribution < -0.4 is 5.32 Å². The summed E-state index contributed by atoms with van der Waals surface area (Å²) in [5, 5.41) is 21.5. The second kappa shape index (κ2) is 4.84. The summed E-state index contributed by atoms with van der Waals surface area (Å²) in [4.78, 5) is 10.9. The summed E-state index contributed by atoms with van der Waals surface area (Å²) in [7, 11) is 0. The Bertz CT molecular complexity index is 271. The fourth-order valence-corrected chi connectivity index (χ4v) is 2.77. The van der Waals surface area contributed by atoms with Crippen LogP contribution in [0, 0.1) is 11.3 Å². The number of amides is 1. The first-order chi connectivity index (χ1) is 7.62. The van der Waals surface area contributed by atoms with Crippen molar-refractivity contribution in [3.63, 3.8) is 0 Å². The molecule has 100 valence electrons. The fourth-order valence-electron chi connectivity index (χ4n) is 2.77. The van der Waals surface area contributed by atoms with E-state index in [2.05, 4.69) is 26.1 Å². The number of hydrogen-bond acceptors (Lipinski definition) is 2. The quantitative estimate of drug-likeness (QED) is 0.698. The maximum atomic E-state index is 10.9. The molecule has 3 N–H and O–H groups in total. The number of nitrogens with one attached hydrogen (secondary N) is 1. The lowest BCUT2D eigenvalue weighted by molar-refractivity contribution is -0.00494. The van der Waals surface area contributed by atoms with E-state index in [-0.39, 0.29) is 11.5 Å². The van der Waals surface area contributed by atoms with Crippen molar-refractivity contribution in [1.82, 2.24) is 5.32 Å². The fraction of sp³-hybridized carbons (Fsp3) is 0.923. The van der Waals surface area contributed by atoms with E-state index in [1.807, 2.05) is 6.92 Å². The van der Waals surface area contributed by atoms with Crippen LogP contribution in [0.15, 0.2) is 0 Å². The summed E-state index contributed by atoms with van der Waals surface area (Å²) < 4.78 is 0. The van der Waals surface area contributed by atoms with Crippen molar-refractivity contribution in [2.45, 2.75) is 65.0 Å². The van der Waals surface area contributed by atoms with Crippen molar-refractivity contribution in [3.8, 4) is 0 Å². The average molecular weight is 243 g/mol. The zero-order chi connectivity index (χ0) is 13.3. The highest BCUT2D eigenvalue weighted by Crippen LogP contribution is 2.38. The Hall–Kier alpha value is -0.770. The molecule has 1 aliphatic carbocycles. The zero-order valence-corrected chi connectivity index (χ0v) is 11.3. The lowest BCUT2D eigenvalue weighted by atomic mass is 9.70. The normalized spacial score (nSPS) is 31.9. The van der Waals surface area contributed by atoms with E-state index in [1.54, 1.807) is 0 Å². The number of carboxylic acid groups (broad SMARTS) is 1. The third-order valence-electron chi connectivity index (χ3n) is 3.79. The summed E-state index contributed by atoms with van der Waals surface area (Å²) in [5.41, 5.74) is -0.658. The molecule has 1 aliphatic rings. The topological polar surface area (TPSA) is 69.6 Å². The Morgan fingerprint density at radius 2 is 1.82 bits per heavy atom. The van der Waals surface area contributed by atoms with Gasteiger partial charge in [0, 0.05) is 6.04 Å². The van der Waals surface area contributed by atoms with Gasteiger partial charge in [0.25, 0.3) is 0 Å². The maximum absolute atomic E-state index is 10.9. The molecule has 1 fully saturated rings. The Kier molecular flexibility index (Phi) is 4.07. The standard InChI is InChI=1S/C13H25NO3/c1-12(2,3)10(14-11(15)16)9-5-7-13(4,17)8-6-9/h9-10,14,17H,5-8H2,1-4H3,(H,15,16)/t9-,10?,13+. The van der Waals surface area contributed by atoms with Gasteiger partial charge in [-0.2, -0.15) is 0 Å². The zero-order valence-electron chi connectivity index (χ0n) is 11.3. The molecular formula is C13H25NO3. The summed E-state index contributed by atoms with van der Waals surface area (Å²) in [6, 6.07) is -0.0453. The second-order valence-electron chi connectivity index (χ2n) is 6.63. The van der Waals surface area contributed by atoms with Crippen molar-refractivity contribution >= 4 is 6.09 Å². The first-order valence-corrected chi connectivity index (χ1v) is 6.34. The molecule has 17 heavy (non-hydrogen) atoms. The molecule has 4 heteroatoms. The highest BCUT2D eigenvalue weighted by Gasteiger charge is 2.38. The van der Waals surface area contributed by atoms with E-state index in [0.717, 1.165) is 25.7 Å². The van der Waals surface area contributed by atoms with E-state index in [4.69, 9.17) is 5.11 Å². The Morgan fingerprint density at radius 3 is 2.18 bits per heavy atom. The van der Waals surface area contributed by atoms with Gasteiger partial charge in [0.05, 0.1) is 5.60 Å². The van der Waals surface area contributed by atoms with Gasteiger partial charge >= 0.3 is 6.09 Å². The Labute approximate surface area is 103 Å². The smallest absolute Gasteiger partial charge is 0.404 e. The van der Waals surface area contributed by atoms with E-state index in [9.17, 15) is 9.90 Å². The number of hydrogen-bond donors (Lipinski definition) is 3. The molecule has 1 amide bonds. The van der Waals surface area contributed by atoms with Gasteiger partial charge in [-0.15, -0.1) is 0 Å². The van der Waals surface area contributed by atoms with Crippen LogP contribution in [0.1, 0.15) is 53.4 Å². The summed E-state index contributed by atoms with van der Waals surface area (Å²) in [6.45, 7) is 8.03. The molecule has 0 heterocycles. The van der Waals surface area contributed by atoms with Gasteiger partial charge in [0.1, 0.15) is 0 Å². The highest BCUT2D eigenvalue weighted by atomic mass is 16.4. The van der Waals surface area contributed by atoms with Crippen molar-refractivity contribution in [2.24, 2.45) is 11.3 Å². The van der Waals surface area contributed by atoms with Gasteiger partial charge in [0.2, 0.25) is 0 Å². The van der Waals surface area contributed by atoms with Gasteiger partial charge < -0.3 is 15.5 Å². The molecule has 1 unspecified atom stereocenters. The Morgan fingerprint density at radius 1 is 1.35 bits per heavy atom. The van der Waals surface area contributed by atoms with Gasteiger partial charge in [-0.3, -0.25) is 0 Å². The lowest BCUT2D eigenvalue weighted by Gasteiger charge is -2.42. The second-order valence-corrected chi connectivity index (χ2v) is 6.63. The summed E-state index contributed by atoms with van der Waals surface area (Å²) >= 11 is 0. The molecule has 1 atom stereocenters. The predicted octanol–water partition coefficient (Wildman–Crippen LogP) is 2.61. The van der Waals surface area contributed by atoms with Crippen molar-refractivity contribution in [2.75, 3.05) is 0 Å². The molecule has 0 aromatic rings. The van der Waals surface area contributed by atoms with E-state index in [1.165, 1.54) is 0 Å². The molecular weight excluding hydrogens is 218 g/mol. The Balaban J connectivity index is 2.69.